The van der Waals surface area contributed by atoms with Crippen molar-refractivity contribution in [2.45, 2.75) is 0 Å². The highest BCUT2D eigenvalue weighted by atomic mass is 35.5. The first-order valence-electron chi connectivity index (χ1n) is 7.35. The molecule has 3 rings (SSSR count). The van der Waals surface area contributed by atoms with E-state index in [1.54, 1.807) is 0 Å². The molecule has 0 fully saturated rings. The highest BCUT2D eigenvalue weighted by molar-refractivity contribution is 7.25. The predicted octanol–water partition coefficient (Wildman–Crippen LogP) is 4.71. The van der Waals surface area contributed by atoms with Crippen molar-refractivity contribution in [3.63, 3.8) is 0 Å². The first-order chi connectivity index (χ1) is 9.77. The molecule has 0 aliphatic heterocycles. The van der Waals surface area contributed by atoms with Crippen LogP contribution in [0.1, 0.15) is 9.60 Å². The molecule has 1 heterocycles. The van der Waals surface area contributed by atoms with Crippen LogP contribution in [-0.4, -0.2) is 0 Å². The zero-order valence-corrected chi connectivity index (χ0v) is 8.36. The second-order valence-electron chi connectivity index (χ2n) is 2.70. The zero-order chi connectivity index (χ0) is 15.6. The normalized spacial score (nSPS) is 18.2. The predicted molar refractivity (Wildman–Crippen MR) is 64.3 cm³/mol. The van der Waals surface area contributed by atoms with Crippen molar-refractivity contribution in [3.8, 4) is 0 Å². The van der Waals surface area contributed by atoms with Gasteiger partial charge in [-0.1, -0.05) is 35.8 Å². The topological polar surface area (TPSA) is 0 Å². The Morgan fingerprint density at radius 2 is 1.79 bits per heavy atom. The van der Waals surface area contributed by atoms with Crippen molar-refractivity contribution in [2.24, 2.45) is 0 Å². The summed E-state index contributed by atoms with van der Waals surface area (Å²) in [7, 11) is 0. The standard InChI is InChI=1S/C12H7ClS/c13-9-5-3-7-11-12(9)8-4-1-2-6-10(8)14-11/h1-7H/i1D,2D,3D,4D,5D,6D,7D. The monoisotopic (exact) mass is 225 g/mol. The van der Waals surface area contributed by atoms with Gasteiger partial charge in [-0.2, -0.15) is 0 Å². The Morgan fingerprint density at radius 1 is 1.00 bits per heavy atom. The molecule has 0 N–H and O–H groups in total. The molecule has 0 nitrogen and oxygen atoms in total. The minimum Gasteiger partial charge on any atom is -0.135 e. The quantitative estimate of drug-likeness (QED) is 0.520. The van der Waals surface area contributed by atoms with Gasteiger partial charge in [0, 0.05) is 25.2 Å². The Kier molecular flexibility index (Phi) is 0.815. The van der Waals surface area contributed by atoms with Crippen LogP contribution in [0.2, 0.25) is 5.02 Å². The average Bonchev–Trinajstić information content (AvgIpc) is 2.87. The summed E-state index contributed by atoms with van der Waals surface area (Å²) in [5.74, 6) is 0. The van der Waals surface area contributed by atoms with Crippen molar-refractivity contribution < 1.29 is 9.60 Å². The molecule has 0 bridgehead atoms. The molecule has 0 aliphatic rings. The van der Waals surface area contributed by atoms with E-state index in [-0.39, 0.29) is 62.8 Å². The molecule has 0 saturated heterocycles. The molecule has 2 aromatic carbocycles. The number of hydrogen-bond acceptors (Lipinski definition) is 1. The van der Waals surface area contributed by atoms with Gasteiger partial charge in [0.15, 0.2) is 0 Å². The number of rotatable bonds is 0. The van der Waals surface area contributed by atoms with Gasteiger partial charge in [-0.25, -0.2) is 0 Å². The van der Waals surface area contributed by atoms with Crippen LogP contribution in [0.3, 0.4) is 0 Å². The van der Waals surface area contributed by atoms with E-state index >= 15 is 0 Å². The lowest BCUT2D eigenvalue weighted by Crippen LogP contribution is -1.67. The Morgan fingerprint density at radius 3 is 2.71 bits per heavy atom. The second-order valence-corrected chi connectivity index (χ2v) is 4.10. The van der Waals surface area contributed by atoms with Crippen LogP contribution in [-0.2, 0) is 0 Å². The Bertz CT molecular complexity index is 857. The number of benzene rings is 2. The van der Waals surface area contributed by atoms with Crippen molar-refractivity contribution >= 4 is 43.1 Å². The molecule has 0 spiro atoms. The van der Waals surface area contributed by atoms with Gasteiger partial charge in [0.1, 0.15) is 0 Å². The van der Waals surface area contributed by atoms with Crippen LogP contribution in [0.4, 0.5) is 0 Å². The van der Waals surface area contributed by atoms with Crippen LogP contribution in [0, 0.1) is 0 Å². The van der Waals surface area contributed by atoms with Gasteiger partial charge in [-0.3, -0.25) is 0 Å². The van der Waals surface area contributed by atoms with Crippen molar-refractivity contribution in [3.05, 3.63) is 47.3 Å². The molecule has 0 radical (unpaired) electrons. The summed E-state index contributed by atoms with van der Waals surface area (Å²) in [6.45, 7) is 0. The van der Waals surface area contributed by atoms with Crippen LogP contribution in [0.15, 0.2) is 42.3 Å². The molecule has 0 aliphatic carbocycles. The summed E-state index contributed by atoms with van der Waals surface area (Å²) < 4.78 is 55.4. The summed E-state index contributed by atoms with van der Waals surface area (Å²) in [5, 5.41) is 0.421. The van der Waals surface area contributed by atoms with Crippen molar-refractivity contribution in [1.82, 2.24) is 0 Å². The maximum atomic E-state index is 8.00. The van der Waals surface area contributed by atoms with Crippen LogP contribution >= 0.6 is 22.9 Å². The van der Waals surface area contributed by atoms with E-state index in [4.69, 9.17) is 21.2 Å². The Balaban J connectivity index is 2.73. The molecule has 3 aromatic rings. The second kappa shape index (κ2) is 2.97. The van der Waals surface area contributed by atoms with Crippen LogP contribution in [0.5, 0.6) is 0 Å². The van der Waals surface area contributed by atoms with Gasteiger partial charge in [-0.15, -0.1) is 11.3 Å². The molecule has 0 amide bonds. The smallest absolute Gasteiger partial charge is 0.0639 e. The van der Waals surface area contributed by atoms with Crippen LogP contribution in [0.25, 0.3) is 20.2 Å². The van der Waals surface area contributed by atoms with Gasteiger partial charge >= 0.3 is 0 Å². The van der Waals surface area contributed by atoms with Crippen molar-refractivity contribution in [1.29, 1.82) is 0 Å². The summed E-state index contributed by atoms with van der Waals surface area (Å²) in [4.78, 5) is 0. The molecule has 14 heavy (non-hydrogen) atoms. The highest BCUT2D eigenvalue weighted by Gasteiger charge is 2.06. The third kappa shape index (κ3) is 1.06. The SMILES string of the molecule is [2H]c1c([2H])c([2H])c2c(sc3c([2H])c([2H])c([2H])c(Cl)c32)c1[2H]. The minimum absolute atomic E-state index is 0.0534. The number of fused-ring (bicyclic) bond motifs is 3. The summed E-state index contributed by atoms with van der Waals surface area (Å²) >= 11 is 7.11. The maximum absolute atomic E-state index is 8.00. The molecule has 68 valence electrons. The molecule has 2 heteroatoms. The highest BCUT2D eigenvalue weighted by Crippen LogP contribution is 2.37. The fourth-order valence-corrected chi connectivity index (χ4v) is 2.58. The Hall–Kier alpha value is -1.05. The van der Waals surface area contributed by atoms with Gasteiger partial charge < -0.3 is 0 Å². The van der Waals surface area contributed by atoms with Gasteiger partial charge in [0.2, 0.25) is 0 Å². The fraction of sp³-hybridized carbons (Fsp3) is 0. The van der Waals surface area contributed by atoms with Crippen LogP contribution < -0.4 is 0 Å². The zero-order valence-electron chi connectivity index (χ0n) is 13.8. The van der Waals surface area contributed by atoms with Crippen molar-refractivity contribution in [2.75, 3.05) is 0 Å². The van der Waals surface area contributed by atoms with E-state index in [9.17, 15) is 0 Å². The van der Waals surface area contributed by atoms with E-state index in [2.05, 4.69) is 0 Å². The number of halogens is 1. The molecule has 0 unspecified atom stereocenters. The maximum Gasteiger partial charge on any atom is 0.0639 e. The van der Waals surface area contributed by atoms with Gasteiger partial charge in [0.05, 0.1) is 9.60 Å². The molecular weight excluding hydrogens is 212 g/mol. The lowest BCUT2D eigenvalue weighted by Gasteiger charge is -1.93. The number of thiophene rings is 1. The Labute approximate surface area is 101 Å². The molecule has 0 atom stereocenters. The van der Waals surface area contributed by atoms with E-state index in [0.717, 1.165) is 11.3 Å². The summed E-state index contributed by atoms with van der Waals surface area (Å²) in [6, 6.07) is -1.96. The molecule has 0 saturated carbocycles. The van der Waals surface area contributed by atoms with E-state index in [1.807, 2.05) is 0 Å². The minimum atomic E-state index is -0.378. The van der Waals surface area contributed by atoms with E-state index in [0.29, 0.717) is 4.70 Å². The third-order valence-electron chi connectivity index (χ3n) is 1.90. The van der Waals surface area contributed by atoms with E-state index in [1.165, 1.54) is 0 Å². The molecule has 1 aromatic heterocycles. The van der Waals surface area contributed by atoms with E-state index < -0.39 is 0 Å². The first kappa shape index (κ1) is 3.84. The average molecular weight is 226 g/mol. The lowest BCUT2D eigenvalue weighted by molar-refractivity contribution is 1.84. The molecular formula is C12H7ClS. The third-order valence-corrected chi connectivity index (χ3v) is 3.21. The summed E-state index contributed by atoms with van der Waals surface area (Å²) in [6.07, 6.45) is 0. The summed E-state index contributed by atoms with van der Waals surface area (Å²) in [5.41, 5.74) is 0. The van der Waals surface area contributed by atoms with Gasteiger partial charge in [0.25, 0.3) is 0 Å². The number of hydrogen-bond donors (Lipinski definition) is 0. The van der Waals surface area contributed by atoms with Gasteiger partial charge in [-0.05, 0) is 18.1 Å². The largest absolute Gasteiger partial charge is 0.135 e. The first-order valence-corrected chi connectivity index (χ1v) is 5.04. The lowest BCUT2D eigenvalue weighted by atomic mass is 10.1. The fourth-order valence-electron chi connectivity index (χ4n) is 1.32.